The molecule has 1 aromatic carbocycles. The number of halogens is 1. The van der Waals surface area contributed by atoms with Crippen LogP contribution in [0.1, 0.15) is 23.2 Å². The smallest absolute Gasteiger partial charge is 0.251 e. The lowest BCUT2D eigenvalue weighted by Gasteiger charge is -2.31. The van der Waals surface area contributed by atoms with Gasteiger partial charge in [0.2, 0.25) is 0 Å². The third-order valence-electron chi connectivity index (χ3n) is 3.76. The fourth-order valence-electron chi connectivity index (χ4n) is 2.52. The average molecular weight is 341 g/mol. The summed E-state index contributed by atoms with van der Waals surface area (Å²) in [6.45, 7) is 3.75. The molecule has 5 heteroatoms. The molecule has 20 heavy (non-hydrogen) atoms. The first-order valence-electron chi connectivity index (χ1n) is 7.06. The SMILES string of the molecule is O=C(NCC1CCN(CCO)CC1)c1cccc(Br)c1. The minimum Gasteiger partial charge on any atom is -0.395 e. The molecule has 4 nitrogen and oxygen atoms in total. The molecule has 0 radical (unpaired) electrons. The van der Waals surface area contributed by atoms with Crippen LogP contribution in [0.5, 0.6) is 0 Å². The maximum Gasteiger partial charge on any atom is 0.251 e. The van der Waals surface area contributed by atoms with Crippen LogP contribution in [0.25, 0.3) is 0 Å². The minimum absolute atomic E-state index is 0.0101. The zero-order valence-corrected chi connectivity index (χ0v) is 13.1. The van der Waals surface area contributed by atoms with E-state index in [1.165, 1.54) is 0 Å². The Morgan fingerprint density at radius 1 is 1.40 bits per heavy atom. The van der Waals surface area contributed by atoms with Crippen molar-refractivity contribution in [3.05, 3.63) is 34.3 Å². The molecule has 0 bridgehead atoms. The fraction of sp³-hybridized carbons (Fsp3) is 0.533. The van der Waals surface area contributed by atoms with Gasteiger partial charge < -0.3 is 15.3 Å². The number of benzene rings is 1. The number of likely N-dealkylation sites (tertiary alicyclic amines) is 1. The molecule has 1 saturated heterocycles. The predicted octanol–water partition coefficient (Wildman–Crippen LogP) is 1.88. The van der Waals surface area contributed by atoms with Crippen molar-refractivity contribution in [1.29, 1.82) is 0 Å². The number of carbonyl (C=O) groups is 1. The molecule has 0 unspecified atom stereocenters. The third-order valence-corrected chi connectivity index (χ3v) is 4.25. The Hall–Kier alpha value is -0.910. The van der Waals surface area contributed by atoms with Crippen LogP contribution in [0.15, 0.2) is 28.7 Å². The van der Waals surface area contributed by atoms with E-state index in [9.17, 15) is 4.79 Å². The number of rotatable bonds is 5. The molecule has 0 saturated carbocycles. The maximum atomic E-state index is 12.0. The summed E-state index contributed by atoms with van der Waals surface area (Å²) < 4.78 is 0.919. The average Bonchev–Trinajstić information content (AvgIpc) is 2.46. The van der Waals surface area contributed by atoms with E-state index >= 15 is 0 Å². The second-order valence-electron chi connectivity index (χ2n) is 5.23. The summed E-state index contributed by atoms with van der Waals surface area (Å²) in [4.78, 5) is 14.3. The zero-order chi connectivity index (χ0) is 14.4. The molecular formula is C15H21BrN2O2. The van der Waals surface area contributed by atoms with Crippen molar-refractivity contribution in [3.63, 3.8) is 0 Å². The first kappa shape index (κ1) is 15.5. The summed E-state index contributed by atoms with van der Waals surface area (Å²) in [5, 5.41) is 11.9. The number of hydrogen-bond donors (Lipinski definition) is 2. The summed E-state index contributed by atoms with van der Waals surface area (Å²) in [6, 6.07) is 7.43. The van der Waals surface area contributed by atoms with E-state index in [1.54, 1.807) is 0 Å². The lowest BCUT2D eigenvalue weighted by Crippen LogP contribution is -2.39. The van der Waals surface area contributed by atoms with Gasteiger partial charge in [0.1, 0.15) is 0 Å². The van der Waals surface area contributed by atoms with Gasteiger partial charge >= 0.3 is 0 Å². The van der Waals surface area contributed by atoms with E-state index in [-0.39, 0.29) is 12.5 Å². The molecule has 0 aromatic heterocycles. The van der Waals surface area contributed by atoms with Gasteiger partial charge in [-0.25, -0.2) is 0 Å². The Morgan fingerprint density at radius 3 is 2.80 bits per heavy atom. The quantitative estimate of drug-likeness (QED) is 0.860. The second kappa shape index (κ2) is 7.76. The Kier molecular flexibility index (Phi) is 6.01. The van der Waals surface area contributed by atoms with Crippen molar-refractivity contribution < 1.29 is 9.90 Å². The van der Waals surface area contributed by atoms with Crippen molar-refractivity contribution >= 4 is 21.8 Å². The Labute approximate surface area is 128 Å². The van der Waals surface area contributed by atoms with Crippen LogP contribution in [0.2, 0.25) is 0 Å². The summed E-state index contributed by atoms with van der Waals surface area (Å²) in [5.41, 5.74) is 0.692. The number of β-amino-alcohol motifs (C(OH)–C–C–N with tert-alkyl or cyclic N) is 1. The summed E-state index contributed by atoms with van der Waals surface area (Å²) in [6.07, 6.45) is 2.16. The standard InChI is InChI=1S/C15H21BrN2O2/c16-14-3-1-2-13(10-14)15(20)17-11-12-4-6-18(7-5-12)8-9-19/h1-3,10,12,19H,4-9,11H2,(H,17,20). The van der Waals surface area contributed by atoms with Crippen molar-refractivity contribution in [2.75, 3.05) is 32.8 Å². The molecule has 1 fully saturated rings. The van der Waals surface area contributed by atoms with E-state index in [4.69, 9.17) is 5.11 Å². The molecule has 2 rings (SSSR count). The van der Waals surface area contributed by atoms with E-state index < -0.39 is 0 Å². The Morgan fingerprint density at radius 2 is 2.15 bits per heavy atom. The summed E-state index contributed by atoms with van der Waals surface area (Å²) in [7, 11) is 0. The van der Waals surface area contributed by atoms with Crippen molar-refractivity contribution in [2.45, 2.75) is 12.8 Å². The zero-order valence-electron chi connectivity index (χ0n) is 11.5. The van der Waals surface area contributed by atoms with Crippen LogP contribution in [-0.4, -0.2) is 48.7 Å². The van der Waals surface area contributed by atoms with Crippen LogP contribution in [0.3, 0.4) is 0 Å². The highest BCUT2D eigenvalue weighted by Crippen LogP contribution is 2.16. The summed E-state index contributed by atoms with van der Waals surface area (Å²) in [5.74, 6) is 0.533. The van der Waals surface area contributed by atoms with Crippen LogP contribution in [-0.2, 0) is 0 Å². The van der Waals surface area contributed by atoms with Crippen molar-refractivity contribution in [2.24, 2.45) is 5.92 Å². The molecule has 2 N–H and O–H groups in total. The van der Waals surface area contributed by atoms with E-state index in [2.05, 4.69) is 26.1 Å². The van der Waals surface area contributed by atoms with Gasteiger partial charge in [0.05, 0.1) is 6.61 Å². The van der Waals surface area contributed by atoms with E-state index in [1.807, 2.05) is 24.3 Å². The summed E-state index contributed by atoms with van der Waals surface area (Å²) >= 11 is 3.37. The lowest BCUT2D eigenvalue weighted by atomic mass is 9.96. The third kappa shape index (κ3) is 4.58. The number of carbonyl (C=O) groups excluding carboxylic acids is 1. The molecule has 1 heterocycles. The monoisotopic (exact) mass is 340 g/mol. The van der Waals surface area contributed by atoms with Gasteiger partial charge in [-0.15, -0.1) is 0 Å². The molecule has 1 aliphatic heterocycles. The van der Waals surface area contributed by atoms with Crippen molar-refractivity contribution in [3.8, 4) is 0 Å². The first-order chi connectivity index (χ1) is 9.69. The number of aliphatic hydroxyl groups is 1. The minimum atomic E-state index is -0.0101. The maximum absolute atomic E-state index is 12.0. The van der Waals surface area contributed by atoms with Gasteiger partial charge in [0, 0.05) is 23.1 Å². The topological polar surface area (TPSA) is 52.6 Å². The Balaban J connectivity index is 1.74. The number of piperidine rings is 1. The van der Waals surface area contributed by atoms with Gasteiger partial charge in [-0.2, -0.15) is 0 Å². The molecule has 1 aliphatic rings. The molecule has 1 amide bonds. The molecule has 1 aromatic rings. The molecule has 110 valence electrons. The Bertz CT molecular complexity index is 445. The van der Waals surface area contributed by atoms with Gasteiger partial charge in [0.25, 0.3) is 5.91 Å². The van der Waals surface area contributed by atoms with Gasteiger partial charge in [0.15, 0.2) is 0 Å². The molecule has 0 aliphatic carbocycles. The van der Waals surface area contributed by atoms with Crippen LogP contribution < -0.4 is 5.32 Å². The number of nitrogens with one attached hydrogen (secondary N) is 1. The highest BCUT2D eigenvalue weighted by Gasteiger charge is 2.19. The van der Waals surface area contributed by atoms with Gasteiger partial charge in [-0.05, 0) is 50.0 Å². The largest absolute Gasteiger partial charge is 0.395 e. The number of amides is 1. The van der Waals surface area contributed by atoms with Crippen molar-refractivity contribution in [1.82, 2.24) is 10.2 Å². The molecular weight excluding hydrogens is 320 g/mol. The molecule has 0 spiro atoms. The van der Waals surface area contributed by atoms with Crippen LogP contribution in [0, 0.1) is 5.92 Å². The van der Waals surface area contributed by atoms with Gasteiger partial charge in [-0.3, -0.25) is 4.79 Å². The first-order valence-corrected chi connectivity index (χ1v) is 7.85. The van der Waals surface area contributed by atoms with Gasteiger partial charge in [-0.1, -0.05) is 22.0 Å². The fourth-order valence-corrected chi connectivity index (χ4v) is 2.92. The predicted molar refractivity (Wildman–Crippen MR) is 82.7 cm³/mol. The normalized spacial score (nSPS) is 17.1. The number of nitrogens with zero attached hydrogens (tertiary/aromatic N) is 1. The number of hydrogen-bond acceptors (Lipinski definition) is 3. The highest BCUT2D eigenvalue weighted by atomic mass is 79.9. The van der Waals surface area contributed by atoms with E-state index in [0.29, 0.717) is 11.5 Å². The van der Waals surface area contributed by atoms with Crippen LogP contribution >= 0.6 is 15.9 Å². The van der Waals surface area contributed by atoms with Crippen LogP contribution in [0.4, 0.5) is 0 Å². The second-order valence-corrected chi connectivity index (χ2v) is 6.14. The lowest BCUT2D eigenvalue weighted by molar-refractivity contribution is 0.0932. The number of aliphatic hydroxyl groups excluding tert-OH is 1. The van der Waals surface area contributed by atoms with E-state index in [0.717, 1.165) is 43.5 Å². The highest BCUT2D eigenvalue weighted by molar-refractivity contribution is 9.10. The molecule has 0 atom stereocenters.